The average Bonchev–Trinajstić information content (AvgIpc) is 3.06. The molecule has 11 heteroatoms. The summed E-state index contributed by atoms with van der Waals surface area (Å²) in [6.07, 6.45) is 6.61. The highest BCUT2D eigenvalue weighted by Gasteiger charge is 2.24. The molecule has 0 saturated heterocycles. The molecule has 0 aromatic heterocycles. The number of nitrogens with one attached hydrogen (secondary N) is 2. The van der Waals surface area contributed by atoms with Crippen LogP contribution in [0.1, 0.15) is 56.9 Å². The van der Waals surface area contributed by atoms with Crippen LogP contribution in [0.4, 0.5) is 21.9 Å². The Bertz CT molecular complexity index is 1530. The maximum absolute atomic E-state index is 13.7. The number of amides is 4. The third-order valence-corrected chi connectivity index (χ3v) is 8.51. The van der Waals surface area contributed by atoms with Crippen molar-refractivity contribution in [3.63, 3.8) is 0 Å². The van der Waals surface area contributed by atoms with Gasteiger partial charge in [-0.05, 0) is 67.3 Å². The molecule has 3 aromatic rings. The van der Waals surface area contributed by atoms with Gasteiger partial charge >= 0.3 is 12.0 Å². The monoisotopic (exact) mass is 648 g/mol. The van der Waals surface area contributed by atoms with E-state index < -0.39 is 17.9 Å². The first-order valence-electron chi connectivity index (χ1n) is 15.5. The van der Waals surface area contributed by atoms with Crippen molar-refractivity contribution in [3.05, 3.63) is 83.4 Å². The van der Waals surface area contributed by atoms with E-state index in [9.17, 15) is 24.3 Å². The molecule has 10 nitrogen and oxygen atoms in total. The molecule has 1 saturated carbocycles. The molecule has 244 valence electrons. The van der Waals surface area contributed by atoms with Gasteiger partial charge in [0.1, 0.15) is 5.75 Å². The minimum absolute atomic E-state index is 0.259. The molecule has 4 rings (SSSR count). The number of anilines is 3. The van der Waals surface area contributed by atoms with Gasteiger partial charge in [-0.1, -0.05) is 74.0 Å². The van der Waals surface area contributed by atoms with E-state index in [1.807, 2.05) is 0 Å². The molecule has 0 bridgehead atoms. The lowest BCUT2D eigenvalue weighted by atomic mass is 9.87. The summed E-state index contributed by atoms with van der Waals surface area (Å²) < 4.78 is 5.99. The van der Waals surface area contributed by atoms with Crippen molar-refractivity contribution in [2.75, 3.05) is 41.9 Å². The molecule has 0 radical (unpaired) electrons. The van der Waals surface area contributed by atoms with E-state index in [1.165, 1.54) is 24.2 Å². The van der Waals surface area contributed by atoms with Crippen molar-refractivity contribution >= 4 is 52.5 Å². The number of carbonyl (C=O) groups is 4. The minimum Gasteiger partial charge on any atom is -0.482 e. The van der Waals surface area contributed by atoms with Crippen molar-refractivity contribution < 1.29 is 29.0 Å². The van der Waals surface area contributed by atoms with Crippen LogP contribution in [0.2, 0.25) is 5.02 Å². The predicted molar refractivity (Wildman–Crippen MR) is 180 cm³/mol. The van der Waals surface area contributed by atoms with Crippen LogP contribution in [0.5, 0.6) is 5.75 Å². The zero-order valence-electron chi connectivity index (χ0n) is 26.2. The summed E-state index contributed by atoms with van der Waals surface area (Å²) in [5, 5.41) is 15.1. The average molecular weight is 649 g/mol. The first-order valence-corrected chi connectivity index (χ1v) is 15.9. The number of hydrogen-bond acceptors (Lipinski definition) is 5. The predicted octanol–water partition coefficient (Wildman–Crippen LogP) is 6.70. The summed E-state index contributed by atoms with van der Waals surface area (Å²) in [5.41, 5.74) is 2.10. The fraction of sp³-hybridized carbons (Fsp3) is 0.371. The highest BCUT2D eigenvalue weighted by Crippen LogP contribution is 2.32. The SMILES string of the molecule is CC(C(=O)O)c1cccc(NC(=O)NCC(=O)N(CCC2CCCCC2)c2ccccc2OCC(=O)N(C)c2cccc(Cl)c2)c1. The fourth-order valence-corrected chi connectivity index (χ4v) is 5.67. The molecular formula is C35H41ClN4O6. The van der Waals surface area contributed by atoms with Crippen molar-refractivity contribution in [2.45, 2.75) is 51.4 Å². The van der Waals surface area contributed by atoms with Crippen LogP contribution in [0, 0.1) is 5.92 Å². The Kier molecular flexibility index (Phi) is 12.4. The van der Waals surface area contributed by atoms with Gasteiger partial charge in [-0.2, -0.15) is 0 Å². The maximum atomic E-state index is 13.7. The number of carboxylic acid groups (broad SMARTS) is 1. The fourth-order valence-electron chi connectivity index (χ4n) is 5.49. The van der Waals surface area contributed by atoms with E-state index in [4.69, 9.17) is 16.3 Å². The number of urea groups is 1. The molecule has 0 aliphatic heterocycles. The highest BCUT2D eigenvalue weighted by atomic mass is 35.5. The van der Waals surface area contributed by atoms with Gasteiger partial charge in [0.2, 0.25) is 5.91 Å². The number of para-hydroxylation sites is 2. The summed E-state index contributed by atoms with van der Waals surface area (Å²) in [6, 6.07) is 20.0. The Morgan fingerprint density at radius 2 is 1.70 bits per heavy atom. The molecule has 1 fully saturated rings. The molecular weight excluding hydrogens is 608 g/mol. The number of carbonyl (C=O) groups excluding carboxylic acids is 3. The van der Waals surface area contributed by atoms with Crippen LogP contribution in [-0.2, 0) is 14.4 Å². The number of nitrogens with zero attached hydrogens (tertiary/aromatic N) is 2. The number of carboxylic acids is 1. The summed E-state index contributed by atoms with van der Waals surface area (Å²) >= 11 is 6.09. The van der Waals surface area contributed by atoms with Crippen LogP contribution < -0.4 is 25.2 Å². The zero-order chi connectivity index (χ0) is 33.1. The molecule has 3 aromatic carbocycles. The summed E-state index contributed by atoms with van der Waals surface area (Å²) in [5.74, 6) is -1.46. The second kappa shape index (κ2) is 16.7. The minimum atomic E-state index is -0.970. The zero-order valence-corrected chi connectivity index (χ0v) is 27.0. The molecule has 46 heavy (non-hydrogen) atoms. The quantitative estimate of drug-likeness (QED) is 0.189. The second-order valence-corrected chi connectivity index (χ2v) is 12.0. The number of hydrogen-bond donors (Lipinski definition) is 3. The number of halogens is 1. The first-order chi connectivity index (χ1) is 22.1. The van der Waals surface area contributed by atoms with E-state index in [-0.39, 0.29) is 25.0 Å². The van der Waals surface area contributed by atoms with Gasteiger partial charge in [-0.15, -0.1) is 0 Å². The van der Waals surface area contributed by atoms with Gasteiger partial charge in [0.05, 0.1) is 18.2 Å². The van der Waals surface area contributed by atoms with Gasteiger partial charge in [-0.25, -0.2) is 4.79 Å². The van der Waals surface area contributed by atoms with Crippen LogP contribution >= 0.6 is 11.6 Å². The van der Waals surface area contributed by atoms with E-state index in [0.29, 0.717) is 45.9 Å². The molecule has 0 heterocycles. The van der Waals surface area contributed by atoms with Crippen LogP contribution in [0.15, 0.2) is 72.8 Å². The molecule has 1 aliphatic rings. The van der Waals surface area contributed by atoms with Crippen molar-refractivity contribution in [3.8, 4) is 5.75 Å². The number of likely N-dealkylation sites (N-methyl/N-ethyl adjacent to an activating group) is 1. The Morgan fingerprint density at radius 3 is 2.43 bits per heavy atom. The van der Waals surface area contributed by atoms with Gasteiger partial charge in [0.25, 0.3) is 5.91 Å². The topological polar surface area (TPSA) is 128 Å². The van der Waals surface area contributed by atoms with Crippen LogP contribution in [-0.4, -0.2) is 55.7 Å². The standard InChI is InChI=1S/C35H41ClN4O6/c1-24(34(43)44)26-12-8-14-28(20-26)38-35(45)37-22-32(41)40(19-18-25-10-4-3-5-11-25)30-16-6-7-17-31(30)46-23-33(42)39(2)29-15-9-13-27(36)21-29/h6-9,12-17,20-21,24-25H,3-5,10-11,18-19,22-23H2,1-2H3,(H,43,44)(H2,37,38,45). The molecule has 0 spiro atoms. The number of aliphatic carboxylic acids is 1. The normalized spacial score (nSPS) is 13.7. The second-order valence-electron chi connectivity index (χ2n) is 11.5. The van der Waals surface area contributed by atoms with Crippen LogP contribution in [0.25, 0.3) is 0 Å². The Hall–Kier alpha value is -4.57. The Labute approximate surface area is 274 Å². The van der Waals surface area contributed by atoms with E-state index in [0.717, 1.165) is 19.3 Å². The number of ether oxygens (including phenoxy) is 1. The highest BCUT2D eigenvalue weighted by molar-refractivity contribution is 6.30. The van der Waals surface area contributed by atoms with E-state index in [2.05, 4.69) is 10.6 Å². The number of benzene rings is 3. The largest absolute Gasteiger partial charge is 0.482 e. The van der Waals surface area contributed by atoms with Crippen molar-refractivity contribution in [1.29, 1.82) is 0 Å². The summed E-state index contributed by atoms with van der Waals surface area (Å²) in [4.78, 5) is 53.9. The van der Waals surface area contributed by atoms with Gasteiger partial charge in [0.15, 0.2) is 6.61 Å². The summed E-state index contributed by atoms with van der Waals surface area (Å²) in [7, 11) is 1.64. The van der Waals surface area contributed by atoms with Crippen molar-refractivity contribution in [2.24, 2.45) is 5.92 Å². The molecule has 1 atom stereocenters. The third kappa shape index (κ3) is 9.71. The molecule has 4 amide bonds. The van der Waals surface area contributed by atoms with E-state index in [1.54, 1.807) is 91.7 Å². The molecule has 1 aliphatic carbocycles. The molecule has 1 unspecified atom stereocenters. The third-order valence-electron chi connectivity index (χ3n) is 8.28. The van der Waals surface area contributed by atoms with Crippen molar-refractivity contribution in [1.82, 2.24) is 5.32 Å². The smallest absolute Gasteiger partial charge is 0.319 e. The maximum Gasteiger partial charge on any atom is 0.319 e. The lowest BCUT2D eigenvalue weighted by molar-refractivity contribution is -0.138. The number of rotatable bonds is 13. The van der Waals surface area contributed by atoms with E-state index >= 15 is 0 Å². The van der Waals surface area contributed by atoms with Gasteiger partial charge in [-0.3, -0.25) is 14.4 Å². The Balaban J connectivity index is 1.44. The van der Waals surface area contributed by atoms with Gasteiger partial charge < -0.3 is 30.3 Å². The summed E-state index contributed by atoms with van der Waals surface area (Å²) in [6.45, 7) is 1.45. The lowest BCUT2D eigenvalue weighted by Gasteiger charge is -2.29. The van der Waals surface area contributed by atoms with Crippen LogP contribution in [0.3, 0.4) is 0 Å². The molecule has 3 N–H and O–H groups in total. The lowest BCUT2D eigenvalue weighted by Crippen LogP contribution is -2.42. The first kappa shape index (κ1) is 34.3. The van der Waals surface area contributed by atoms with Gasteiger partial charge in [0, 0.05) is 30.0 Å². The Morgan fingerprint density at radius 1 is 0.957 bits per heavy atom.